The molecule has 13 heteroatoms. The molecule has 1 fully saturated rings. The van der Waals surface area contributed by atoms with Gasteiger partial charge in [0, 0.05) is 35.1 Å². The van der Waals surface area contributed by atoms with Crippen molar-refractivity contribution in [3.63, 3.8) is 0 Å². The SMILES string of the molecule is CCCCCCC1(Cc2cc(Br)cc(Br)c2)C(=O)N(CCCCN=C(N)N)C(=O)N(CCCCN=C(N)N)C1=O. The van der Waals surface area contributed by atoms with Crippen LogP contribution in [-0.2, 0) is 16.0 Å². The summed E-state index contributed by atoms with van der Waals surface area (Å²) in [5.41, 5.74) is 21.1. The third-order valence-electron chi connectivity index (χ3n) is 6.82. The summed E-state index contributed by atoms with van der Waals surface area (Å²) in [5, 5.41) is 0. The van der Waals surface area contributed by atoms with E-state index in [0.29, 0.717) is 51.6 Å². The van der Waals surface area contributed by atoms with E-state index in [1.54, 1.807) is 0 Å². The van der Waals surface area contributed by atoms with Crippen LogP contribution in [0.25, 0.3) is 0 Å². The number of halogens is 2. The van der Waals surface area contributed by atoms with Crippen LogP contribution in [0.1, 0.15) is 70.3 Å². The lowest BCUT2D eigenvalue weighted by Gasteiger charge is -2.44. The monoisotopic (exact) mass is 684 g/mol. The second-order valence-electron chi connectivity index (χ2n) is 10.1. The Balaban J connectivity index is 2.43. The third kappa shape index (κ3) is 9.76. The Labute approximate surface area is 253 Å². The Bertz CT molecular complexity index is 1020. The summed E-state index contributed by atoms with van der Waals surface area (Å²) in [6.07, 6.45) is 6.36. The normalized spacial score (nSPS) is 14.9. The van der Waals surface area contributed by atoms with E-state index in [1.165, 1.54) is 9.80 Å². The number of urea groups is 1. The van der Waals surface area contributed by atoms with E-state index in [4.69, 9.17) is 22.9 Å². The number of amides is 4. The van der Waals surface area contributed by atoms with Crippen LogP contribution in [0.15, 0.2) is 37.1 Å². The number of barbiturate groups is 1. The number of hydrogen-bond donors (Lipinski definition) is 4. The predicted molar refractivity (Wildman–Crippen MR) is 165 cm³/mol. The summed E-state index contributed by atoms with van der Waals surface area (Å²) in [6.45, 7) is 3.24. The zero-order valence-corrected chi connectivity index (χ0v) is 26.4. The molecule has 1 aliphatic rings. The molecule has 1 aromatic rings. The Morgan fingerprint density at radius 3 is 1.70 bits per heavy atom. The van der Waals surface area contributed by atoms with Crippen LogP contribution in [0.5, 0.6) is 0 Å². The summed E-state index contributed by atoms with van der Waals surface area (Å²) in [6, 6.07) is 5.14. The van der Waals surface area contributed by atoms with Gasteiger partial charge in [0.2, 0.25) is 11.8 Å². The summed E-state index contributed by atoms with van der Waals surface area (Å²) in [7, 11) is 0. The van der Waals surface area contributed by atoms with Gasteiger partial charge in [0.05, 0.1) is 0 Å². The van der Waals surface area contributed by atoms with Crippen molar-refractivity contribution in [3.8, 4) is 0 Å². The minimum Gasteiger partial charge on any atom is -0.370 e. The first-order valence-electron chi connectivity index (χ1n) is 13.8. The van der Waals surface area contributed by atoms with Gasteiger partial charge < -0.3 is 22.9 Å². The molecule has 0 aliphatic carbocycles. The lowest BCUT2D eigenvalue weighted by molar-refractivity contribution is -0.159. The van der Waals surface area contributed by atoms with E-state index in [1.807, 2.05) is 18.2 Å². The summed E-state index contributed by atoms with van der Waals surface area (Å²) >= 11 is 7.04. The number of aliphatic imine (C=N–C) groups is 2. The number of hydrogen-bond acceptors (Lipinski definition) is 5. The molecule has 11 nitrogen and oxygen atoms in total. The molecule has 40 heavy (non-hydrogen) atoms. The molecular formula is C27H42Br2N8O3. The molecule has 0 saturated carbocycles. The molecule has 0 radical (unpaired) electrons. The van der Waals surface area contributed by atoms with Crippen LogP contribution < -0.4 is 22.9 Å². The van der Waals surface area contributed by atoms with E-state index < -0.39 is 23.3 Å². The van der Waals surface area contributed by atoms with Gasteiger partial charge in [-0.15, -0.1) is 0 Å². The molecule has 8 N–H and O–H groups in total. The lowest BCUT2D eigenvalue weighted by atomic mass is 9.73. The maximum atomic E-state index is 14.2. The molecule has 0 spiro atoms. The maximum Gasteiger partial charge on any atom is 0.333 e. The Hall–Kier alpha value is -2.67. The maximum absolute atomic E-state index is 14.2. The highest BCUT2D eigenvalue weighted by atomic mass is 79.9. The number of carbonyl (C=O) groups is 3. The van der Waals surface area contributed by atoms with Gasteiger partial charge in [-0.1, -0.05) is 64.5 Å². The van der Waals surface area contributed by atoms with Crippen molar-refractivity contribution >= 4 is 61.6 Å². The van der Waals surface area contributed by atoms with Gasteiger partial charge in [-0.3, -0.25) is 29.4 Å². The number of imide groups is 2. The van der Waals surface area contributed by atoms with Gasteiger partial charge in [-0.25, -0.2) is 4.79 Å². The van der Waals surface area contributed by atoms with Crippen molar-refractivity contribution in [2.75, 3.05) is 26.2 Å². The number of benzene rings is 1. The second-order valence-corrected chi connectivity index (χ2v) is 11.9. The van der Waals surface area contributed by atoms with Crippen LogP contribution in [0.2, 0.25) is 0 Å². The molecule has 0 bridgehead atoms. The van der Waals surface area contributed by atoms with Crippen molar-refractivity contribution in [1.82, 2.24) is 9.80 Å². The molecule has 0 aromatic heterocycles. The van der Waals surface area contributed by atoms with Gasteiger partial charge in [-0.2, -0.15) is 0 Å². The van der Waals surface area contributed by atoms with E-state index in [2.05, 4.69) is 48.8 Å². The first kappa shape index (κ1) is 33.5. The lowest BCUT2D eigenvalue weighted by Crippen LogP contribution is -2.66. The summed E-state index contributed by atoms with van der Waals surface area (Å²) in [4.78, 5) is 52.4. The Morgan fingerprint density at radius 1 is 0.750 bits per heavy atom. The van der Waals surface area contributed by atoms with Crippen LogP contribution >= 0.6 is 31.9 Å². The molecule has 0 atom stereocenters. The molecule has 2 rings (SSSR count). The van der Waals surface area contributed by atoms with Gasteiger partial charge in [0.15, 0.2) is 11.9 Å². The molecular weight excluding hydrogens is 644 g/mol. The van der Waals surface area contributed by atoms with Crippen molar-refractivity contribution in [3.05, 3.63) is 32.7 Å². The molecule has 1 aromatic carbocycles. The molecule has 1 saturated heterocycles. The molecule has 1 aliphatic heterocycles. The standard InChI is InChI=1S/C27H42Br2N8O3/c1-2-3-4-5-10-27(18-19-15-20(28)17-21(29)16-19)22(38)36(13-8-6-11-34-24(30)31)26(40)37(23(27)39)14-9-7-12-35-25(32)33/h15-17H,2-14,18H2,1H3,(H4,30,31,34)(H4,32,33,35). The predicted octanol–water partition coefficient (Wildman–Crippen LogP) is 3.61. The highest BCUT2D eigenvalue weighted by molar-refractivity contribution is 9.11. The van der Waals surface area contributed by atoms with Crippen molar-refractivity contribution < 1.29 is 14.4 Å². The minimum absolute atomic E-state index is 0.00565. The van der Waals surface area contributed by atoms with Crippen molar-refractivity contribution in [2.45, 2.75) is 71.1 Å². The zero-order valence-electron chi connectivity index (χ0n) is 23.2. The van der Waals surface area contributed by atoms with Crippen LogP contribution in [-0.4, -0.2) is 65.7 Å². The number of guanidine groups is 2. The van der Waals surface area contributed by atoms with Crippen molar-refractivity contribution in [2.24, 2.45) is 38.3 Å². The fourth-order valence-corrected chi connectivity index (χ4v) is 6.26. The van der Waals surface area contributed by atoms with Crippen molar-refractivity contribution in [1.29, 1.82) is 0 Å². The zero-order chi connectivity index (χ0) is 29.7. The highest BCUT2D eigenvalue weighted by Crippen LogP contribution is 2.39. The smallest absolute Gasteiger partial charge is 0.333 e. The molecule has 1 heterocycles. The summed E-state index contributed by atoms with van der Waals surface area (Å²) < 4.78 is 1.66. The largest absolute Gasteiger partial charge is 0.370 e. The van der Waals surface area contributed by atoms with Gasteiger partial charge in [0.25, 0.3) is 0 Å². The Morgan fingerprint density at radius 2 is 1.25 bits per heavy atom. The number of nitrogens with two attached hydrogens (primary N) is 4. The fraction of sp³-hybridized carbons (Fsp3) is 0.593. The molecule has 4 amide bonds. The summed E-state index contributed by atoms with van der Waals surface area (Å²) in [5.74, 6) is -0.884. The third-order valence-corrected chi connectivity index (χ3v) is 7.74. The minimum atomic E-state index is -1.39. The van der Waals surface area contributed by atoms with E-state index >= 15 is 0 Å². The van der Waals surface area contributed by atoms with Gasteiger partial charge >= 0.3 is 6.03 Å². The average Bonchev–Trinajstić information content (AvgIpc) is 2.87. The van der Waals surface area contributed by atoms with Crippen LogP contribution in [0.4, 0.5) is 4.79 Å². The first-order chi connectivity index (χ1) is 19.0. The number of rotatable bonds is 17. The van der Waals surface area contributed by atoms with E-state index in [-0.39, 0.29) is 31.4 Å². The Kier molecular flexibility index (Phi) is 13.9. The van der Waals surface area contributed by atoms with Crippen LogP contribution in [0, 0.1) is 5.41 Å². The second kappa shape index (κ2) is 16.6. The fourth-order valence-electron chi connectivity index (χ4n) is 4.87. The van der Waals surface area contributed by atoms with E-state index in [9.17, 15) is 14.4 Å². The highest BCUT2D eigenvalue weighted by Gasteiger charge is 2.56. The average molecular weight is 686 g/mol. The topological polar surface area (TPSA) is 186 Å². The van der Waals surface area contributed by atoms with Gasteiger partial charge in [0.1, 0.15) is 5.41 Å². The van der Waals surface area contributed by atoms with Gasteiger partial charge in [-0.05, 0) is 62.3 Å². The number of carbonyl (C=O) groups excluding carboxylic acids is 3. The number of nitrogens with zero attached hydrogens (tertiary/aromatic N) is 4. The van der Waals surface area contributed by atoms with E-state index in [0.717, 1.165) is 33.8 Å². The van der Waals surface area contributed by atoms with Crippen LogP contribution in [0.3, 0.4) is 0 Å². The molecule has 0 unspecified atom stereocenters. The quantitative estimate of drug-likeness (QED) is 0.0834. The number of unbranched alkanes of at least 4 members (excludes halogenated alkanes) is 5. The first-order valence-corrected chi connectivity index (χ1v) is 15.3. The molecule has 222 valence electrons.